The molecule has 0 atom stereocenters. The minimum absolute atomic E-state index is 0.542. The molecule has 86 valence electrons. The topological polar surface area (TPSA) is 37.3 Å². The number of carbonyl (C=O) groups is 1. The fraction of sp³-hybridized carbons (Fsp3) is 0.500. The number of hydrogen-bond donors (Lipinski definition) is 1. The highest BCUT2D eigenvalue weighted by molar-refractivity contribution is 5.74. The lowest BCUT2D eigenvalue weighted by Crippen LogP contribution is -2.33. The molecule has 2 heteroatoms. The van der Waals surface area contributed by atoms with Gasteiger partial charge >= 0.3 is 0 Å². The van der Waals surface area contributed by atoms with Crippen LogP contribution in [0.1, 0.15) is 48.0 Å². The van der Waals surface area contributed by atoms with E-state index in [4.69, 9.17) is 0 Å². The Morgan fingerprint density at radius 3 is 2.69 bits per heavy atom. The number of carbonyl (C=O) groups excluding carboxylic acids is 1. The lowest BCUT2D eigenvalue weighted by molar-refractivity contribution is 0.00447. The Morgan fingerprint density at radius 2 is 2.00 bits per heavy atom. The van der Waals surface area contributed by atoms with Crippen LogP contribution in [-0.4, -0.2) is 17.0 Å². The van der Waals surface area contributed by atoms with Gasteiger partial charge in [-0.2, -0.15) is 0 Å². The normalized spacial score (nSPS) is 19.3. The number of aldehydes is 1. The van der Waals surface area contributed by atoms with Crippen LogP contribution in [0.2, 0.25) is 0 Å². The summed E-state index contributed by atoms with van der Waals surface area (Å²) in [6.07, 6.45) is 6.77. The van der Waals surface area contributed by atoms with Gasteiger partial charge < -0.3 is 5.11 Å². The van der Waals surface area contributed by atoms with Gasteiger partial charge in [0, 0.05) is 12.0 Å². The van der Waals surface area contributed by atoms with Crippen LogP contribution in [0.5, 0.6) is 0 Å². The van der Waals surface area contributed by atoms with Crippen molar-refractivity contribution in [1.29, 1.82) is 0 Å². The first-order valence-electron chi connectivity index (χ1n) is 5.98. The second-order valence-corrected chi connectivity index (χ2v) is 4.82. The monoisotopic (exact) mass is 218 g/mol. The van der Waals surface area contributed by atoms with Crippen LogP contribution in [0.4, 0.5) is 0 Å². The first-order valence-corrected chi connectivity index (χ1v) is 5.98. The molecule has 1 aliphatic carbocycles. The molecular formula is C14H18O2. The van der Waals surface area contributed by atoms with Gasteiger partial charge in [-0.3, -0.25) is 4.79 Å². The summed E-state index contributed by atoms with van der Waals surface area (Å²) in [7, 11) is 0. The lowest BCUT2D eigenvalue weighted by atomic mass is 9.80. The second kappa shape index (κ2) is 4.79. The molecule has 0 aromatic heterocycles. The molecule has 0 aliphatic heterocycles. The number of hydrogen-bond acceptors (Lipinski definition) is 2. The van der Waals surface area contributed by atoms with E-state index in [0.29, 0.717) is 12.0 Å². The molecule has 1 aliphatic rings. The summed E-state index contributed by atoms with van der Waals surface area (Å²) in [4.78, 5) is 10.7. The Balaban J connectivity index is 2.09. The highest BCUT2D eigenvalue weighted by atomic mass is 16.3. The minimum atomic E-state index is -0.542. The predicted octanol–water partition coefficient (Wildman–Crippen LogP) is 2.74. The fourth-order valence-corrected chi connectivity index (χ4v) is 2.54. The van der Waals surface area contributed by atoms with Crippen LogP contribution in [0.15, 0.2) is 24.3 Å². The number of aliphatic hydroxyl groups is 1. The Kier molecular flexibility index (Phi) is 3.39. The van der Waals surface area contributed by atoms with Crippen LogP contribution in [-0.2, 0) is 6.42 Å². The van der Waals surface area contributed by atoms with Gasteiger partial charge in [-0.1, -0.05) is 37.5 Å². The Bertz CT molecular complexity index is 365. The molecule has 0 spiro atoms. The lowest BCUT2D eigenvalue weighted by Gasteiger charge is -2.32. The van der Waals surface area contributed by atoms with E-state index >= 15 is 0 Å². The summed E-state index contributed by atoms with van der Waals surface area (Å²) in [6.45, 7) is 0. The number of rotatable bonds is 3. The Morgan fingerprint density at radius 1 is 1.25 bits per heavy atom. The van der Waals surface area contributed by atoms with E-state index in [2.05, 4.69) is 0 Å². The average molecular weight is 218 g/mol. The minimum Gasteiger partial charge on any atom is -0.390 e. The predicted molar refractivity (Wildman–Crippen MR) is 63.6 cm³/mol. The summed E-state index contributed by atoms with van der Waals surface area (Å²) in [5, 5.41) is 10.4. The van der Waals surface area contributed by atoms with Gasteiger partial charge in [-0.15, -0.1) is 0 Å². The first kappa shape index (κ1) is 11.3. The largest absolute Gasteiger partial charge is 0.390 e. The van der Waals surface area contributed by atoms with Gasteiger partial charge in [0.05, 0.1) is 5.60 Å². The molecule has 16 heavy (non-hydrogen) atoms. The maximum Gasteiger partial charge on any atom is 0.150 e. The standard InChI is InChI=1S/C14H18O2/c15-11-13-6-4-5-12(9-13)10-14(16)7-2-1-3-8-14/h4-6,9,11,16H,1-3,7-8,10H2. The molecule has 2 rings (SSSR count). The van der Waals surface area contributed by atoms with Gasteiger partial charge in [0.15, 0.2) is 0 Å². The van der Waals surface area contributed by atoms with Crippen molar-refractivity contribution in [1.82, 2.24) is 0 Å². The first-order chi connectivity index (χ1) is 7.72. The smallest absolute Gasteiger partial charge is 0.150 e. The summed E-state index contributed by atoms with van der Waals surface area (Å²) < 4.78 is 0. The van der Waals surface area contributed by atoms with Crippen LogP contribution in [0, 0.1) is 0 Å². The molecule has 0 radical (unpaired) electrons. The van der Waals surface area contributed by atoms with Gasteiger partial charge in [0.25, 0.3) is 0 Å². The van der Waals surface area contributed by atoms with Crippen molar-refractivity contribution in [3.63, 3.8) is 0 Å². The van der Waals surface area contributed by atoms with Crippen molar-refractivity contribution in [2.75, 3.05) is 0 Å². The van der Waals surface area contributed by atoms with E-state index in [9.17, 15) is 9.90 Å². The summed E-state index contributed by atoms with van der Waals surface area (Å²) >= 11 is 0. The summed E-state index contributed by atoms with van der Waals surface area (Å²) in [5.41, 5.74) is 1.21. The van der Waals surface area contributed by atoms with Gasteiger partial charge in [-0.25, -0.2) is 0 Å². The second-order valence-electron chi connectivity index (χ2n) is 4.82. The zero-order chi connectivity index (χ0) is 11.4. The molecule has 0 bridgehead atoms. The van der Waals surface area contributed by atoms with Gasteiger partial charge in [-0.05, 0) is 24.5 Å². The third-order valence-electron chi connectivity index (χ3n) is 3.40. The molecule has 1 N–H and O–H groups in total. The molecule has 1 saturated carbocycles. The summed E-state index contributed by atoms with van der Waals surface area (Å²) in [6, 6.07) is 7.53. The van der Waals surface area contributed by atoms with E-state index in [1.807, 2.05) is 18.2 Å². The molecule has 1 aromatic rings. The molecule has 0 unspecified atom stereocenters. The molecule has 2 nitrogen and oxygen atoms in total. The quantitative estimate of drug-likeness (QED) is 0.792. The van der Waals surface area contributed by atoms with Crippen LogP contribution in [0.3, 0.4) is 0 Å². The number of benzene rings is 1. The fourth-order valence-electron chi connectivity index (χ4n) is 2.54. The van der Waals surface area contributed by atoms with Crippen molar-refractivity contribution in [3.05, 3.63) is 35.4 Å². The average Bonchev–Trinajstić information content (AvgIpc) is 2.29. The van der Waals surface area contributed by atoms with Crippen molar-refractivity contribution in [2.24, 2.45) is 0 Å². The van der Waals surface area contributed by atoms with E-state index < -0.39 is 5.60 Å². The third kappa shape index (κ3) is 2.70. The Labute approximate surface area is 96.3 Å². The molecule has 0 heterocycles. The molecular weight excluding hydrogens is 200 g/mol. The highest BCUT2D eigenvalue weighted by Gasteiger charge is 2.29. The zero-order valence-electron chi connectivity index (χ0n) is 9.48. The van der Waals surface area contributed by atoms with E-state index in [-0.39, 0.29) is 0 Å². The highest BCUT2D eigenvalue weighted by Crippen LogP contribution is 2.31. The molecule has 1 aromatic carbocycles. The van der Waals surface area contributed by atoms with Crippen molar-refractivity contribution in [3.8, 4) is 0 Å². The van der Waals surface area contributed by atoms with E-state index in [1.165, 1.54) is 6.42 Å². The van der Waals surface area contributed by atoms with Gasteiger partial charge in [0.2, 0.25) is 0 Å². The molecule has 1 fully saturated rings. The molecule has 0 saturated heterocycles. The maximum atomic E-state index is 10.7. The van der Waals surface area contributed by atoms with Crippen LogP contribution in [0.25, 0.3) is 0 Å². The molecule has 0 amide bonds. The SMILES string of the molecule is O=Cc1cccc(CC2(O)CCCCC2)c1. The zero-order valence-corrected chi connectivity index (χ0v) is 9.48. The van der Waals surface area contributed by atoms with E-state index in [1.54, 1.807) is 6.07 Å². The maximum absolute atomic E-state index is 10.7. The van der Waals surface area contributed by atoms with Crippen molar-refractivity contribution < 1.29 is 9.90 Å². The summed E-state index contributed by atoms with van der Waals surface area (Å²) in [5.74, 6) is 0. The third-order valence-corrected chi connectivity index (χ3v) is 3.40. The van der Waals surface area contributed by atoms with Crippen molar-refractivity contribution >= 4 is 6.29 Å². The van der Waals surface area contributed by atoms with Crippen molar-refractivity contribution in [2.45, 2.75) is 44.1 Å². The van der Waals surface area contributed by atoms with Crippen LogP contribution >= 0.6 is 0 Å². The van der Waals surface area contributed by atoms with Gasteiger partial charge in [0.1, 0.15) is 6.29 Å². The van der Waals surface area contributed by atoms with E-state index in [0.717, 1.165) is 37.5 Å². The Hall–Kier alpha value is -1.15. The van der Waals surface area contributed by atoms with Crippen LogP contribution < -0.4 is 0 Å².